The molecular weight excluding hydrogens is 458 g/mol. The van der Waals surface area contributed by atoms with Gasteiger partial charge in [0.2, 0.25) is 5.52 Å². The highest BCUT2D eigenvalue weighted by Crippen LogP contribution is 2.37. The minimum atomic E-state index is 0.639. The first-order valence-corrected chi connectivity index (χ1v) is 9.60. The van der Waals surface area contributed by atoms with Crippen LogP contribution in [0.1, 0.15) is 0 Å². The second-order valence-electron chi connectivity index (χ2n) is 6.05. The van der Waals surface area contributed by atoms with Gasteiger partial charge in [0.25, 0.3) is 0 Å². The third-order valence-corrected chi connectivity index (χ3v) is 5.89. The largest absolute Gasteiger partial charge is 0.618 e. The Bertz CT molecular complexity index is 1310. The first-order chi connectivity index (χ1) is 12.6. The highest BCUT2D eigenvalue weighted by atomic mass is 79.9. The second kappa shape index (κ2) is 5.79. The van der Waals surface area contributed by atoms with Crippen LogP contribution in [-0.2, 0) is 0 Å². The Kier molecular flexibility index (Phi) is 3.52. The second-order valence-corrected chi connectivity index (χ2v) is 7.76. The standard InChI is InChI=1S/C20H11Br2N3O/c21-14-8-3-9-15(22)16(14)20-23-17-11-5-1-2-6-12(11)19-13(18(17)24-20)7-4-10-25(19)26/h1-10H,(H,23,24). The summed E-state index contributed by atoms with van der Waals surface area (Å²) < 4.78 is 2.80. The minimum absolute atomic E-state index is 0.639. The van der Waals surface area contributed by atoms with Crippen molar-refractivity contribution < 1.29 is 4.73 Å². The van der Waals surface area contributed by atoms with Gasteiger partial charge in [-0.25, -0.2) is 4.98 Å². The van der Waals surface area contributed by atoms with Crippen molar-refractivity contribution in [2.24, 2.45) is 0 Å². The van der Waals surface area contributed by atoms with Crippen molar-refractivity contribution >= 4 is 64.6 Å². The molecule has 0 saturated carbocycles. The predicted molar refractivity (Wildman–Crippen MR) is 111 cm³/mol. The zero-order valence-corrected chi connectivity index (χ0v) is 16.5. The number of benzene rings is 3. The van der Waals surface area contributed by atoms with Crippen LogP contribution in [0.2, 0.25) is 0 Å². The minimum Gasteiger partial charge on any atom is -0.618 e. The van der Waals surface area contributed by atoms with Gasteiger partial charge in [0.05, 0.1) is 16.3 Å². The van der Waals surface area contributed by atoms with E-state index < -0.39 is 0 Å². The van der Waals surface area contributed by atoms with E-state index in [2.05, 4.69) is 36.8 Å². The molecule has 0 unspecified atom stereocenters. The lowest BCUT2D eigenvalue weighted by Gasteiger charge is -2.06. The van der Waals surface area contributed by atoms with Crippen LogP contribution in [-0.4, -0.2) is 9.97 Å². The molecule has 0 aliphatic heterocycles. The summed E-state index contributed by atoms with van der Waals surface area (Å²) in [4.78, 5) is 8.32. The highest BCUT2D eigenvalue weighted by molar-refractivity contribution is 9.11. The van der Waals surface area contributed by atoms with Crippen LogP contribution >= 0.6 is 31.9 Å². The number of pyridine rings is 1. The SMILES string of the molecule is [O-][n+]1cccc2c3nc(-c4c(Br)cccc4Br)[nH]c3c3ccccc3c21. The number of aromatic nitrogens is 3. The van der Waals surface area contributed by atoms with Crippen LogP contribution in [0.5, 0.6) is 0 Å². The fraction of sp³-hybridized carbons (Fsp3) is 0. The van der Waals surface area contributed by atoms with Crippen LogP contribution in [0, 0.1) is 5.21 Å². The number of halogens is 2. The van der Waals surface area contributed by atoms with Gasteiger partial charge >= 0.3 is 0 Å². The number of hydrogen-bond donors (Lipinski definition) is 1. The van der Waals surface area contributed by atoms with Crippen molar-refractivity contribution in [3.63, 3.8) is 0 Å². The molecule has 0 aliphatic carbocycles. The molecule has 0 saturated heterocycles. The molecule has 26 heavy (non-hydrogen) atoms. The van der Waals surface area contributed by atoms with Crippen molar-refractivity contribution in [2.45, 2.75) is 0 Å². The van der Waals surface area contributed by atoms with Crippen molar-refractivity contribution in [1.82, 2.24) is 9.97 Å². The van der Waals surface area contributed by atoms with E-state index in [0.29, 0.717) is 5.52 Å². The van der Waals surface area contributed by atoms with E-state index in [1.165, 1.54) is 6.20 Å². The molecule has 2 aromatic heterocycles. The maximum atomic E-state index is 12.5. The van der Waals surface area contributed by atoms with Crippen LogP contribution < -0.4 is 4.73 Å². The molecule has 5 rings (SSSR count). The summed E-state index contributed by atoms with van der Waals surface area (Å²) in [5.41, 5.74) is 3.31. The zero-order chi connectivity index (χ0) is 17.8. The molecule has 4 nitrogen and oxygen atoms in total. The normalized spacial score (nSPS) is 11.6. The topological polar surface area (TPSA) is 55.6 Å². The van der Waals surface area contributed by atoms with Gasteiger partial charge in [-0.2, -0.15) is 4.73 Å². The first-order valence-electron chi connectivity index (χ1n) is 8.02. The number of hydrogen-bond acceptors (Lipinski definition) is 2. The van der Waals surface area contributed by atoms with E-state index in [1.807, 2.05) is 48.5 Å². The third kappa shape index (κ3) is 2.19. The van der Waals surface area contributed by atoms with Gasteiger partial charge in [0.1, 0.15) is 11.3 Å². The predicted octanol–water partition coefficient (Wildman–Crippen LogP) is 5.69. The van der Waals surface area contributed by atoms with Gasteiger partial charge < -0.3 is 10.2 Å². The van der Waals surface area contributed by atoms with E-state index in [4.69, 9.17) is 4.98 Å². The average molecular weight is 469 g/mol. The molecule has 0 aliphatic rings. The van der Waals surface area contributed by atoms with Crippen LogP contribution in [0.4, 0.5) is 0 Å². The van der Waals surface area contributed by atoms with E-state index in [0.717, 1.165) is 52.3 Å². The van der Waals surface area contributed by atoms with Crippen molar-refractivity contribution in [1.29, 1.82) is 0 Å². The summed E-state index contributed by atoms with van der Waals surface area (Å²) in [6.07, 6.45) is 1.53. The lowest BCUT2D eigenvalue weighted by Crippen LogP contribution is -2.26. The molecule has 126 valence electrons. The van der Waals surface area contributed by atoms with Crippen molar-refractivity contribution in [3.05, 3.63) is 74.9 Å². The molecule has 0 spiro atoms. The smallest absolute Gasteiger partial charge is 0.234 e. The fourth-order valence-electron chi connectivity index (χ4n) is 3.46. The fourth-order valence-corrected chi connectivity index (χ4v) is 4.83. The number of H-pyrrole nitrogens is 1. The molecule has 5 aromatic rings. The molecule has 0 amide bonds. The molecular formula is C20H11Br2N3O. The first kappa shape index (κ1) is 15.8. The summed E-state index contributed by atoms with van der Waals surface area (Å²) in [5.74, 6) is 0.748. The number of rotatable bonds is 1. The van der Waals surface area contributed by atoms with Gasteiger partial charge in [0, 0.05) is 26.0 Å². The third-order valence-electron chi connectivity index (χ3n) is 4.57. The van der Waals surface area contributed by atoms with E-state index in [-0.39, 0.29) is 0 Å². The van der Waals surface area contributed by atoms with Crippen LogP contribution in [0.3, 0.4) is 0 Å². The summed E-state index contributed by atoms with van der Waals surface area (Å²) in [6.45, 7) is 0. The van der Waals surface area contributed by atoms with Gasteiger partial charge in [-0.05, 0) is 56.1 Å². The molecule has 0 atom stereocenters. The van der Waals surface area contributed by atoms with Crippen molar-refractivity contribution in [2.75, 3.05) is 0 Å². The molecule has 3 aromatic carbocycles. The summed E-state index contributed by atoms with van der Waals surface area (Å²) in [7, 11) is 0. The number of nitrogens with one attached hydrogen (secondary N) is 1. The van der Waals surface area contributed by atoms with Gasteiger partial charge in [-0.1, -0.05) is 24.3 Å². The molecule has 0 radical (unpaired) electrons. The zero-order valence-electron chi connectivity index (χ0n) is 13.3. The van der Waals surface area contributed by atoms with Gasteiger partial charge in [-0.3, -0.25) is 0 Å². The maximum Gasteiger partial charge on any atom is 0.234 e. The quantitative estimate of drug-likeness (QED) is 0.195. The Morgan fingerprint density at radius 3 is 2.31 bits per heavy atom. The van der Waals surface area contributed by atoms with Crippen LogP contribution in [0.25, 0.3) is 44.1 Å². The number of nitrogens with zero attached hydrogens (tertiary/aromatic N) is 2. The molecule has 1 N–H and O–H groups in total. The van der Waals surface area contributed by atoms with E-state index in [9.17, 15) is 5.21 Å². The summed E-state index contributed by atoms with van der Waals surface area (Å²) in [6, 6.07) is 17.5. The Morgan fingerprint density at radius 2 is 1.54 bits per heavy atom. The van der Waals surface area contributed by atoms with E-state index >= 15 is 0 Å². The molecule has 6 heteroatoms. The van der Waals surface area contributed by atoms with Crippen molar-refractivity contribution in [3.8, 4) is 11.4 Å². The lowest BCUT2D eigenvalue weighted by atomic mass is 10.0. The molecule has 0 fully saturated rings. The average Bonchev–Trinajstić information content (AvgIpc) is 3.07. The Morgan fingerprint density at radius 1 is 0.846 bits per heavy atom. The lowest BCUT2D eigenvalue weighted by molar-refractivity contribution is -0.576. The Hall–Kier alpha value is -2.44. The van der Waals surface area contributed by atoms with Crippen LogP contribution in [0.15, 0.2) is 69.7 Å². The Labute approximate surface area is 165 Å². The summed E-state index contributed by atoms with van der Waals surface area (Å²) in [5, 5.41) is 15.2. The molecule has 0 bridgehead atoms. The molecule has 2 heterocycles. The number of fused-ring (bicyclic) bond motifs is 6. The number of imidazole rings is 1. The monoisotopic (exact) mass is 467 g/mol. The summed E-state index contributed by atoms with van der Waals surface area (Å²) >= 11 is 7.22. The Balaban J connectivity index is 2.00. The highest BCUT2D eigenvalue weighted by Gasteiger charge is 2.19. The maximum absolute atomic E-state index is 12.5. The van der Waals surface area contributed by atoms with E-state index in [1.54, 1.807) is 6.07 Å². The van der Waals surface area contributed by atoms with Gasteiger partial charge in [0.15, 0.2) is 6.20 Å². The number of aromatic amines is 1. The van der Waals surface area contributed by atoms with Gasteiger partial charge in [-0.15, -0.1) is 0 Å².